The molecule has 1 rings (SSSR count). The molecule has 0 saturated heterocycles. The lowest BCUT2D eigenvalue weighted by atomic mass is 10.1. The summed E-state index contributed by atoms with van der Waals surface area (Å²) in [5.74, 6) is -0.00648. The summed E-state index contributed by atoms with van der Waals surface area (Å²) in [6, 6.07) is 5.47. The minimum atomic E-state index is -2.89. The molecule has 0 spiro atoms. The van der Waals surface area contributed by atoms with Gasteiger partial charge in [-0.25, -0.2) is 4.79 Å². The van der Waals surface area contributed by atoms with Crippen LogP contribution in [0.5, 0.6) is 5.75 Å². The first kappa shape index (κ1) is 14.2. The van der Waals surface area contributed by atoms with E-state index in [1.165, 1.54) is 24.3 Å². The first-order valence-electron chi connectivity index (χ1n) is 5.30. The third kappa shape index (κ3) is 3.58. The molecule has 1 aromatic rings. The van der Waals surface area contributed by atoms with E-state index < -0.39 is 18.2 Å². The van der Waals surface area contributed by atoms with Gasteiger partial charge in [0.1, 0.15) is 5.75 Å². The smallest absolute Gasteiger partial charge is 0.412 e. The molecule has 0 saturated carbocycles. The second kappa shape index (κ2) is 5.20. The number of carboxylic acid groups (broad SMARTS) is 1. The van der Waals surface area contributed by atoms with Gasteiger partial charge in [0.15, 0.2) is 0 Å². The number of benzene rings is 1. The van der Waals surface area contributed by atoms with E-state index in [0.29, 0.717) is 5.69 Å². The molecule has 0 aliphatic heterocycles. The summed E-state index contributed by atoms with van der Waals surface area (Å²) in [6.07, 6.45) is -1.11. The van der Waals surface area contributed by atoms with Crippen molar-refractivity contribution >= 4 is 11.8 Å². The molecule has 0 radical (unpaired) electrons. The highest BCUT2D eigenvalue weighted by Crippen LogP contribution is 2.26. The molecule has 0 atom stereocenters. The molecule has 100 valence electrons. The van der Waals surface area contributed by atoms with E-state index in [9.17, 15) is 13.6 Å². The summed E-state index contributed by atoms with van der Waals surface area (Å²) < 4.78 is 28.1. The number of hydrogen-bond acceptors (Lipinski definition) is 2. The maximum atomic E-state index is 12.0. The van der Waals surface area contributed by atoms with Crippen molar-refractivity contribution in [2.24, 2.45) is 0 Å². The number of alkyl halides is 2. The van der Waals surface area contributed by atoms with Gasteiger partial charge in [0.05, 0.1) is 0 Å². The van der Waals surface area contributed by atoms with Gasteiger partial charge in [-0.05, 0) is 45.0 Å². The molecule has 1 aromatic carbocycles. The Labute approximate surface area is 104 Å². The van der Waals surface area contributed by atoms with E-state index in [1.54, 1.807) is 20.8 Å². The Bertz CT molecular complexity index is 412. The molecule has 0 aromatic heterocycles. The van der Waals surface area contributed by atoms with Crippen LogP contribution >= 0.6 is 0 Å². The first-order chi connectivity index (χ1) is 8.21. The Morgan fingerprint density at radius 1 is 1.28 bits per heavy atom. The molecule has 18 heavy (non-hydrogen) atoms. The molecule has 0 unspecified atom stereocenters. The summed E-state index contributed by atoms with van der Waals surface area (Å²) in [6.45, 7) is 2.33. The predicted molar refractivity (Wildman–Crippen MR) is 63.3 cm³/mol. The minimum absolute atomic E-state index is 0.00648. The highest BCUT2D eigenvalue weighted by atomic mass is 19.3. The molecule has 4 nitrogen and oxygen atoms in total. The molecule has 0 fully saturated rings. The van der Waals surface area contributed by atoms with Crippen molar-refractivity contribution in [2.45, 2.75) is 32.9 Å². The molecular weight excluding hydrogens is 244 g/mol. The molecule has 6 heteroatoms. The van der Waals surface area contributed by atoms with Crippen LogP contribution in [0.3, 0.4) is 0 Å². The maximum absolute atomic E-state index is 12.0. The highest BCUT2D eigenvalue weighted by molar-refractivity contribution is 5.87. The lowest BCUT2D eigenvalue weighted by Crippen LogP contribution is -2.45. The third-order valence-corrected chi connectivity index (χ3v) is 2.18. The summed E-state index contributed by atoms with van der Waals surface area (Å²) in [7, 11) is 0. The second-order valence-electron chi connectivity index (χ2n) is 4.66. The van der Waals surface area contributed by atoms with E-state index in [4.69, 9.17) is 5.11 Å². The van der Waals surface area contributed by atoms with Crippen LogP contribution in [0.1, 0.15) is 20.8 Å². The van der Waals surface area contributed by atoms with Gasteiger partial charge in [0, 0.05) is 11.2 Å². The second-order valence-corrected chi connectivity index (χ2v) is 4.66. The number of amides is 1. The van der Waals surface area contributed by atoms with Gasteiger partial charge in [0.2, 0.25) is 0 Å². The zero-order valence-corrected chi connectivity index (χ0v) is 10.4. The van der Waals surface area contributed by atoms with Crippen LogP contribution in [0.4, 0.5) is 19.3 Å². The topological polar surface area (TPSA) is 49.8 Å². The van der Waals surface area contributed by atoms with Gasteiger partial charge < -0.3 is 9.84 Å². The molecule has 0 bridgehead atoms. The predicted octanol–water partition coefficient (Wildman–Crippen LogP) is 3.57. The van der Waals surface area contributed by atoms with Crippen LogP contribution < -0.4 is 9.64 Å². The van der Waals surface area contributed by atoms with Gasteiger partial charge in [-0.3, -0.25) is 4.90 Å². The molecule has 0 aliphatic carbocycles. The first-order valence-corrected chi connectivity index (χ1v) is 5.30. The minimum Gasteiger partial charge on any atom is -0.465 e. The summed E-state index contributed by atoms with van der Waals surface area (Å²) >= 11 is 0. The fraction of sp³-hybridized carbons (Fsp3) is 0.417. The molecule has 1 amide bonds. The van der Waals surface area contributed by atoms with Crippen LogP contribution in [0.15, 0.2) is 24.3 Å². The van der Waals surface area contributed by atoms with Gasteiger partial charge in [-0.2, -0.15) is 8.78 Å². The van der Waals surface area contributed by atoms with Crippen molar-refractivity contribution in [1.82, 2.24) is 0 Å². The number of carbonyl (C=O) groups is 1. The van der Waals surface area contributed by atoms with E-state index in [-0.39, 0.29) is 5.75 Å². The van der Waals surface area contributed by atoms with Crippen molar-refractivity contribution in [2.75, 3.05) is 4.90 Å². The zero-order chi connectivity index (χ0) is 13.9. The quantitative estimate of drug-likeness (QED) is 0.902. The average Bonchev–Trinajstić information content (AvgIpc) is 2.17. The van der Waals surface area contributed by atoms with Crippen molar-refractivity contribution in [3.8, 4) is 5.75 Å². The van der Waals surface area contributed by atoms with Crippen LogP contribution in [-0.2, 0) is 0 Å². The zero-order valence-electron chi connectivity index (χ0n) is 10.4. The van der Waals surface area contributed by atoms with Crippen molar-refractivity contribution in [3.63, 3.8) is 0 Å². The normalized spacial score (nSPS) is 11.4. The molecule has 0 aliphatic rings. The van der Waals surface area contributed by atoms with E-state index in [0.717, 1.165) is 4.90 Å². The molecule has 0 heterocycles. The van der Waals surface area contributed by atoms with E-state index in [2.05, 4.69) is 4.74 Å². The van der Waals surface area contributed by atoms with Crippen LogP contribution in [0.25, 0.3) is 0 Å². The van der Waals surface area contributed by atoms with Crippen molar-refractivity contribution in [3.05, 3.63) is 24.3 Å². The van der Waals surface area contributed by atoms with Gasteiger partial charge in [0.25, 0.3) is 0 Å². The standard InChI is InChI=1S/C12H15F2NO3/c1-12(2,3)15(11(16)17)8-4-6-9(7-5-8)18-10(13)14/h4-7,10H,1-3H3,(H,16,17). The monoisotopic (exact) mass is 259 g/mol. The summed E-state index contributed by atoms with van der Waals surface area (Å²) in [5, 5.41) is 9.15. The number of halogens is 2. The van der Waals surface area contributed by atoms with Crippen molar-refractivity contribution < 1.29 is 23.4 Å². The van der Waals surface area contributed by atoms with E-state index in [1.807, 2.05) is 0 Å². The number of ether oxygens (including phenoxy) is 1. The Hall–Kier alpha value is -1.85. The van der Waals surface area contributed by atoms with Crippen LogP contribution in [0, 0.1) is 0 Å². The van der Waals surface area contributed by atoms with Gasteiger partial charge in [-0.1, -0.05) is 0 Å². The fourth-order valence-corrected chi connectivity index (χ4v) is 1.56. The van der Waals surface area contributed by atoms with Crippen LogP contribution in [-0.4, -0.2) is 23.4 Å². The SMILES string of the molecule is CC(C)(C)N(C(=O)O)c1ccc(OC(F)F)cc1. The highest BCUT2D eigenvalue weighted by Gasteiger charge is 2.27. The lowest BCUT2D eigenvalue weighted by molar-refractivity contribution is -0.0498. The van der Waals surface area contributed by atoms with Crippen LogP contribution in [0.2, 0.25) is 0 Å². The molecular formula is C12H15F2NO3. The van der Waals surface area contributed by atoms with Crippen molar-refractivity contribution in [1.29, 1.82) is 0 Å². The summed E-state index contributed by atoms with van der Waals surface area (Å²) in [5.41, 5.74) is -0.228. The van der Waals surface area contributed by atoms with E-state index >= 15 is 0 Å². The lowest BCUT2D eigenvalue weighted by Gasteiger charge is -2.33. The summed E-state index contributed by atoms with van der Waals surface area (Å²) in [4.78, 5) is 12.3. The number of nitrogens with zero attached hydrogens (tertiary/aromatic N) is 1. The Kier molecular flexibility index (Phi) is 4.11. The average molecular weight is 259 g/mol. The molecule has 1 N–H and O–H groups in total. The third-order valence-electron chi connectivity index (χ3n) is 2.18. The van der Waals surface area contributed by atoms with Gasteiger partial charge >= 0.3 is 12.7 Å². The fourth-order valence-electron chi connectivity index (χ4n) is 1.56. The Morgan fingerprint density at radius 2 is 1.78 bits per heavy atom. The largest absolute Gasteiger partial charge is 0.465 e. The Morgan fingerprint density at radius 3 is 2.11 bits per heavy atom. The maximum Gasteiger partial charge on any atom is 0.412 e. The van der Waals surface area contributed by atoms with Gasteiger partial charge in [-0.15, -0.1) is 0 Å². The number of hydrogen-bond donors (Lipinski definition) is 1. The number of anilines is 1. The number of rotatable bonds is 3. The Balaban J connectivity index is 2.98.